The first-order valence-corrected chi connectivity index (χ1v) is 15.6. The molecule has 1 fully saturated rings. The van der Waals surface area contributed by atoms with Gasteiger partial charge in [-0.25, -0.2) is 14.7 Å². The number of halogens is 1. The molecule has 6 rings (SSSR count). The van der Waals surface area contributed by atoms with Crippen molar-refractivity contribution in [2.75, 3.05) is 54.2 Å². The van der Waals surface area contributed by atoms with E-state index in [0.29, 0.717) is 28.9 Å². The Balaban J connectivity index is 1.22. The van der Waals surface area contributed by atoms with Crippen LogP contribution < -0.4 is 20.4 Å². The highest BCUT2D eigenvalue weighted by Crippen LogP contribution is 2.37. The van der Waals surface area contributed by atoms with E-state index in [9.17, 15) is 9.59 Å². The quantitative estimate of drug-likeness (QED) is 0.234. The maximum Gasteiger partial charge on any atom is 0.335 e. The van der Waals surface area contributed by atoms with Gasteiger partial charge in [0.25, 0.3) is 0 Å². The molecule has 1 saturated heterocycles. The molecule has 0 bridgehead atoms. The number of piperidine rings is 1. The molecule has 0 radical (unpaired) electrons. The fourth-order valence-electron chi connectivity index (χ4n) is 5.75. The maximum atomic E-state index is 14.1. The van der Waals surface area contributed by atoms with E-state index in [1.807, 2.05) is 42.5 Å². The van der Waals surface area contributed by atoms with Crippen molar-refractivity contribution in [1.29, 1.82) is 0 Å². The van der Waals surface area contributed by atoms with Gasteiger partial charge >= 0.3 is 6.03 Å². The second kappa shape index (κ2) is 13.7. The summed E-state index contributed by atoms with van der Waals surface area (Å²) in [5, 5.41) is 10.5. The number of hydrogen-bond donors (Lipinski definition) is 2. The van der Waals surface area contributed by atoms with Gasteiger partial charge in [0, 0.05) is 55.0 Å². The number of carbonyl (C=O) groups excluding carboxylic acids is 2. The molecule has 4 aromatic rings. The number of rotatable bonds is 9. The van der Waals surface area contributed by atoms with E-state index in [4.69, 9.17) is 16.6 Å². The van der Waals surface area contributed by atoms with Crippen molar-refractivity contribution < 1.29 is 9.59 Å². The van der Waals surface area contributed by atoms with Gasteiger partial charge in [0.1, 0.15) is 0 Å². The zero-order valence-corrected chi connectivity index (χ0v) is 26.9. The standard InChI is InChI=1S/C33H37ClN10O2/c1-40(2)25-14-17-42(18-15-25)16-8-13-29(45)36-24-9-7-12-27(19-24)44-31-23(21-43(33(44)46)26-10-5-4-6-11-26)20-35-32(38-31)37-28-22-41(3)39-30(28)34/h4-13,19-20,22,25H,14-18,21H2,1-3H3,(H,36,45)(H,35,37,38)/b13-8+. The van der Waals surface area contributed by atoms with Crippen LogP contribution in [0.5, 0.6) is 0 Å². The number of likely N-dealkylation sites (tertiary alicyclic amines) is 1. The predicted octanol–water partition coefficient (Wildman–Crippen LogP) is 5.41. The smallest absolute Gasteiger partial charge is 0.322 e. The molecule has 4 heterocycles. The van der Waals surface area contributed by atoms with Gasteiger partial charge in [-0.2, -0.15) is 10.1 Å². The second-order valence-electron chi connectivity index (χ2n) is 11.7. The summed E-state index contributed by atoms with van der Waals surface area (Å²) in [6.45, 7) is 3.04. The van der Waals surface area contributed by atoms with Crippen molar-refractivity contribution in [3.05, 3.63) is 89.9 Å². The number of amides is 3. The van der Waals surface area contributed by atoms with Crippen LogP contribution in [0.25, 0.3) is 0 Å². The first kappa shape index (κ1) is 31.2. The largest absolute Gasteiger partial charge is 0.335 e. The number of para-hydroxylation sites is 1. The van der Waals surface area contributed by atoms with Crippen LogP contribution in [0.3, 0.4) is 0 Å². The summed E-state index contributed by atoms with van der Waals surface area (Å²) in [7, 11) is 6.02. The maximum absolute atomic E-state index is 14.1. The molecule has 2 aliphatic heterocycles. The van der Waals surface area contributed by atoms with Crippen LogP contribution in [0.1, 0.15) is 18.4 Å². The number of aromatic nitrogens is 4. The highest BCUT2D eigenvalue weighted by molar-refractivity contribution is 6.32. The lowest BCUT2D eigenvalue weighted by molar-refractivity contribution is -0.111. The van der Waals surface area contributed by atoms with E-state index < -0.39 is 0 Å². The molecule has 46 heavy (non-hydrogen) atoms. The Morgan fingerprint density at radius 1 is 1.09 bits per heavy atom. The monoisotopic (exact) mass is 640 g/mol. The minimum absolute atomic E-state index is 0.237. The Labute approximate surface area is 273 Å². The van der Waals surface area contributed by atoms with Gasteiger partial charge in [0.2, 0.25) is 11.9 Å². The SMILES string of the molecule is CN(C)C1CCN(C/C=C/C(=O)Nc2cccc(N3C(=O)N(c4ccccc4)Cc4cnc(Nc5cn(C)nc5Cl)nc43)c2)CC1. The highest BCUT2D eigenvalue weighted by atomic mass is 35.5. The second-order valence-corrected chi connectivity index (χ2v) is 12.0. The number of nitrogens with one attached hydrogen (secondary N) is 2. The summed E-state index contributed by atoms with van der Waals surface area (Å²) >= 11 is 6.25. The summed E-state index contributed by atoms with van der Waals surface area (Å²) < 4.78 is 1.58. The molecule has 2 aromatic carbocycles. The van der Waals surface area contributed by atoms with Gasteiger partial charge in [-0.3, -0.25) is 19.3 Å². The van der Waals surface area contributed by atoms with Crippen LogP contribution in [-0.4, -0.2) is 81.3 Å². The van der Waals surface area contributed by atoms with Crippen LogP contribution >= 0.6 is 11.6 Å². The third-order valence-corrected chi connectivity index (χ3v) is 8.47. The molecule has 0 saturated carbocycles. The summed E-state index contributed by atoms with van der Waals surface area (Å²) in [6.07, 6.45) is 9.14. The number of urea groups is 1. The Bertz CT molecular complexity index is 1730. The number of fused-ring (bicyclic) bond motifs is 1. The first-order chi connectivity index (χ1) is 22.2. The molecular formula is C33H37ClN10O2. The summed E-state index contributed by atoms with van der Waals surface area (Å²) in [4.78, 5) is 44.1. The van der Waals surface area contributed by atoms with Crippen LogP contribution in [0, 0.1) is 0 Å². The number of carbonyl (C=O) groups is 2. The Morgan fingerprint density at radius 3 is 2.57 bits per heavy atom. The number of benzene rings is 2. The van der Waals surface area contributed by atoms with Gasteiger partial charge in [-0.05, 0) is 70.4 Å². The number of nitrogens with zero attached hydrogens (tertiary/aromatic N) is 8. The van der Waals surface area contributed by atoms with Gasteiger partial charge in [0.15, 0.2) is 11.0 Å². The molecular weight excluding hydrogens is 604 g/mol. The fraction of sp³-hybridized carbons (Fsp3) is 0.303. The molecule has 2 N–H and O–H groups in total. The van der Waals surface area contributed by atoms with E-state index in [-0.39, 0.29) is 29.6 Å². The van der Waals surface area contributed by atoms with Gasteiger partial charge in [0.05, 0.1) is 17.9 Å². The molecule has 0 atom stereocenters. The summed E-state index contributed by atoms with van der Waals surface area (Å²) in [5.74, 6) is 0.454. The molecule has 0 aliphatic carbocycles. The molecule has 13 heteroatoms. The van der Waals surface area contributed by atoms with Crippen LogP contribution in [0.15, 0.2) is 79.1 Å². The molecule has 2 aliphatic rings. The van der Waals surface area contributed by atoms with Crippen LogP contribution in [0.2, 0.25) is 5.15 Å². The van der Waals surface area contributed by atoms with Crippen LogP contribution in [-0.2, 0) is 18.4 Å². The normalized spacial score (nSPS) is 15.9. The number of anilines is 6. The molecule has 3 amide bonds. The number of aryl methyl sites for hydroxylation is 1. The van der Waals surface area contributed by atoms with E-state index in [0.717, 1.165) is 43.7 Å². The Hall–Kier alpha value is -4.78. The van der Waals surface area contributed by atoms with E-state index in [1.54, 1.807) is 53.3 Å². The van der Waals surface area contributed by atoms with Gasteiger partial charge in [-0.1, -0.05) is 41.9 Å². The Morgan fingerprint density at radius 2 is 1.85 bits per heavy atom. The average Bonchev–Trinajstić information content (AvgIpc) is 3.37. The third-order valence-electron chi connectivity index (χ3n) is 8.19. The van der Waals surface area contributed by atoms with Crippen molar-refractivity contribution in [1.82, 2.24) is 29.5 Å². The molecule has 238 valence electrons. The zero-order chi connectivity index (χ0) is 32.2. The van der Waals surface area contributed by atoms with E-state index in [1.165, 1.54) is 4.90 Å². The lowest BCUT2D eigenvalue weighted by atomic mass is 10.0. The topological polar surface area (TPSA) is 115 Å². The van der Waals surface area contributed by atoms with Crippen molar-refractivity contribution in [2.45, 2.75) is 25.4 Å². The van der Waals surface area contributed by atoms with Crippen molar-refractivity contribution in [2.24, 2.45) is 7.05 Å². The molecule has 12 nitrogen and oxygen atoms in total. The van der Waals surface area contributed by atoms with E-state index in [2.05, 4.69) is 44.6 Å². The zero-order valence-electron chi connectivity index (χ0n) is 26.1. The summed E-state index contributed by atoms with van der Waals surface area (Å²) in [6, 6.07) is 16.9. The summed E-state index contributed by atoms with van der Waals surface area (Å²) in [5.41, 5.74) is 3.13. The van der Waals surface area contributed by atoms with Crippen LogP contribution in [0.4, 0.5) is 39.3 Å². The van der Waals surface area contributed by atoms with Crippen molar-refractivity contribution >= 4 is 58.1 Å². The van der Waals surface area contributed by atoms with Gasteiger partial charge < -0.3 is 15.5 Å². The average molecular weight is 641 g/mol. The predicted molar refractivity (Wildman–Crippen MR) is 181 cm³/mol. The Kier molecular flexibility index (Phi) is 9.29. The lowest BCUT2D eigenvalue weighted by Gasteiger charge is -2.36. The van der Waals surface area contributed by atoms with Gasteiger partial charge in [-0.15, -0.1) is 0 Å². The minimum atomic E-state index is -0.288. The number of hydrogen-bond acceptors (Lipinski definition) is 8. The first-order valence-electron chi connectivity index (χ1n) is 15.2. The van der Waals surface area contributed by atoms with Crippen molar-refractivity contribution in [3.8, 4) is 0 Å². The molecule has 2 aromatic heterocycles. The molecule has 0 spiro atoms. The van der Waals surface area contributed by atoms with Crippen molar-refractivity contribution in [3.63, 3.8) is 0 Å². The third kappa shape index (κ3) is 7.04. The molecule has 0 unspecified atom stereocenters. The minimum Gasteiger partial charge on any atom is -0.322 e. The lowest BCUT2D eigenvalue weighted by Crippen LogP contribution is -2.45. The fourth-order valence-corrected chi connectivity index (χ4v) is 5.97. The van der Waals surface area contributed by atoms with E-state index >= 15 is 0 Å². The highest BCUT2D eigenvalue weighted by Gasteiger charge is 2.34.